The Morgan fingerprint density at radius 3 is 1.19 bits per heavy atom. The van der Waals surface area contributed by atoms with Gasteiger partial charge in [-0.2, -0.15) is 0 Å². The molecule has 0 N–H and O–H groups in total. The van der Waals surface area contributed by atoms with Gasteiger partial charge in [-0.05, 0) is 51.4 Å². The molecule has 0 spiro atoms. The summed E-state index contributed by atoms with van der Waals surface area (Å²) in [7, 11) is 1.36. The van der Waals surface area contributed by atoms with Crippen LogP contribution < -0.4 is 4.89 Å². The molecule has 0 heterocycles. The van der Waals surface area contributed by atoms with Gasteiger partial charge in [0.1, 0.15) is 19.3 Å². The van der Waals surface area contributed by atoms with Gasteiger partial charge in [0.2, 0.25) is 0 Å². The summed E-state index contributed by atoms with van der Waals surface area (Å²) in [5.41, 5.74) is 0. The number of hydrogen-bond donors (Lipinski definition) is 0. The van der Waals surface area contributed by atoms with E-state index in [1.807, 2.05) is 21.1 Å². The molecule has 0 aliphatic heterocycles. The van der Waals surface area contributed by atoms with E-state index in [0.717, 1.165) is 57.8 Å². The zero-order valence-electron chi connectivity index (χ0n) is 46.5. The van der Waals surface area contributed by atoms with Gasteiger partial charge in [-0.25, -0.2) is 0 Å². The molecule has 0 aliphatic carbocycles. The zero-order valence-corrected chi connectivity index (χ0v) is 47.4. The number of nitrogens with zero attached hydrogens (tertiary/aromatic N) is 1. The van der Waals surface area contributed by atoms with Crippen molar-refractivity contribution < 1.29 is 37.3 Å². The van der Waals surface area contributed by atoms with E-state index in [1.54, 1.807) is 0 Å². The molecule has 0 aromatic rings. The van der Waals surface area contributed by atoms with Crippen LogP contribution in [0, 0.1) is 0 Å². The van der Waals surface area contributed by atoms with Crippen molar-refractivity contribution in [1.29, 1.82) is 0 Å². The molecule has 0 aromatic carbocycles. The van der Waals surface area contributed by atoms with E-state index in [4.69, 9.17) is 18.5 Å². The molecular formula is C60H116NO7P. The Balaban J connectivity index is 4.04. The molecule has 2 unspecified atom stereocenters. The van der Waals surface area contributed by atoms with Gasteiger partial charge in [0, 0.05) is 13.0 Å². The summed E-state index contributed by atoms with van der Waals surface area (Å²) in [4.78, 5) is 25.3. The minimum absolute atomic E-state index is 0.0246. The van der Waals surface area contributed by atoms with E-state index < -0.39 is 13.9 Å². The number of likely N-dealkylation sites (N-methyl/N-ethyl adjacent to an activating group) is 1. The maximum atomic E-state index is 12.8. The summed E-state index contributed by atoms with van der Waals surface area (Å²) >= 11 is 0. The smallest absolute Gasteiger partial charge is 0.306 e. The van der Waals surface area contributed by atoms with Crippen molar-refractivity contribution >= 4 is 13.8 Å². The van der Waals surface area contributed by atoms with E-state index >= 15 is 0 Å². The minimum atomic E-state index is -4.54. The molecule has 0 bridgehead atoms. The van der Waals surface area contributed by atoms with Crippen molar-refractivity contribution in [2.24, 2.45) is 0 Å². The Bertz CT molecular complexity index is 1200. The standard InChI is InChI=1S/C60H116NO7P/c1-6-8-10-12-14-16-18-20-22-24-26-28-29-30-31-32-34-36-38-40-42-44-46-48-50-52-55-65-57-59(58-67-69(63,64)66-56-54-61(3,4)5)68-60(62)53-51-49-47-45-43-41-39-37-35-33-27-25-23-21-19-17-15-13-11-9-7-2/h19,21,25,27,35,37,59H,6-18,20,22-24,26,28-34,36,38-58H2,1-5H3/b21-19-,27-25-,37-35-. The number of esters is 1. The molecule has 0 rings (SSSR count). The summed E-state index contributed by atoms with van der Waals surface area (Å²) in [6, 6.07) is 0. The lowest BCUT2D eigenvalue weighted by Gasteiger charge is -2.28. The van der Waals surface area contributed by atoms with E-state index in [0.29, 0.717) is 24.1 Å². The van der Waals surface area contributed by atoms with Crippen molar-refractivity contribution in [2.45, 2.75) is 290 Å². The fraction of sp³-hybridized carbons (Fsp3) is 0.883. The van der Waals surface area contributed by atoms with Crippen LogP contribution in [-0.4, -0.2) is 70.7 Å². The molecule has 69 heavy (non-hydrogen) atoms. The zero-order chi connectivity index (χ0) is 50.5. The lowest BCUT2D eigenvalue weighted by Crippen LogP contribution is -2.37. The van der Waals surface area contributed by atoms with Crippen LogP contribution in [0.4, 0.5) is 0 Å². The molecule has 0 saturated carbocycles. The van der Waals surface area contributed by atoms with Gasteiger partial charge in [0.05, 0.1) is 34.4 Å². The average Bonchev–Trinajstić information content (AvgIpc) is 3.31. The molecule has 2 atom stereocenters. The lowest BCUT2D eigenvalue weighted by atomic mass is 10.0. The van der Waals surface area contributed by atoms with Crippen LogP contribution in [0.5, 0.6) is 0 Å². The van der Waals surface area contributed by atoms with Crippen LogP contribution in [-0.2, 0) is 27.9 Å². The van der Waals surface area contributed by atoms with Gasteiger partial charge in [0.15, 0.2) is 0 Å². The fourth-order valence-corrected chi connectivity index (χ4v) is 9.34. The molecule has 9 heteroatoms. The highest BCUT2D eigenvalue weighted by Gasteiger charge is 2.20. The fourth-order valence-electron chi connectivity index (χ4n) is 8.62. The van der Waals surface area contributed by atoms with Crippen LogP contribution in [0.3, 0.4) is 0 Å². The number of hydrogen-bond acceptors (Lipinski definition) is 7. The maximum Gasteiger partial charge on any atom is 0.306 e. The summed E-state index contributed by atoms with van der Waals surface area (Å²) < 4.78 is 34.9. The summed E-state index contributed by atoms with van der Waals surface area (Å²) in [5, 5.41) is 0. The number of rotatable bonds is 56. The number of phosphoric acid groups is 1. The molecule has 0 fully saturated rings. The molecule has 0 saturated heterocycles. The van der Waals surface area contributed by atoms with E-state index in [1.165, 1.54) is 205 Å². The Morgan fingerprint density at radius 2 is 0.797 bits per heavy atom. The topological polar surface area (TPSA) is 94.1 Å². The van der Waals surface area contributed by atoms with Gasteiger partial charge in [0.25, 0.3) is 7.82 Å². The lowest BCUT2D eigenvalue weighted by molar-refractivity contribution is -0.870. The Kier molecular flexibility index (Phi) is 52.0. The maximum absolute atomic E-state index is 12.8. The highest BCUT2D eigenvalue weighted by atomic mass is 31.2. The van der Waals surface area contributed by atoms with E-state index in [9.17, 15) is 14.3 Å². The molecule has 0 amide bonds. The number of unbranched alkanes of at least 4 members (excludes halogenated alkanes) is 36. The summed E-state index contributed by atoms with van der Waals surface area (Å²) in [6.45, 7) is 5.44. The SMILES string of the molecule is CCCCCCC/C=C\C/C=C\C/C=C\CCCCCCCCC(=O)OC(COCCCCCCCCCCCCCCCCCCCCCCCCCCCC)COP(=O)([O-])OCC[N+](C)(C)C. The van der Waals surface area contributed by atoms with Crippen LogP contribution in [0.25, 0.3) is 0 Å². The van der Waals surface area contributed by atoms with Gasteiger partial charge in [-0.15, -0.1) is 0 Å². The Labute approximate surface area is 429 Å². The monoisotopic (exact) mass is 994 g/mol. The molecule has 0 aromatic heterocycles. The van der Waals surface area contributed by atoms with Gasteiger partial charge in [-0.1, -0.05) is 262 Å². The molecule has 0 radical (unpaired) electrons. The van der Waals surface area contributed by atoms with Crippen molar-refractivity contribution in [1.82, 2.24) is 0 Å². The highest BCUT2D eigenvalue weighted by molar-refractivity contribution is 7.45. The molecule has 408 valence electrons. The van der Waals surface area contributed by atoms with Crippen molar-refractivity contribution in [3.8, 4) is 0 Å². The number of ether oxygens (including phenoxy) is 2. The first kappa shape index (κ1) is 67.7. The highest BCUT2D eigenvalue weighted by Crippen LogP contribution is 2.38. The van der Waals surface area contributed by atoms with Gasteiger partial charge >= 0.3 is 5.97 Å². The number of phosphoric ester groups is 1. The van der Waals surface area contributed by atoms with Gasteiger partial charge in [-0.3, -0.25) is 9.36 Å². The Morgan fingerprint density at radius 1 is 0.449 bits per heavy atom. The predicted octanol–water partition coefficient (Wildman–Crippen LogP) is 18.2. The second-order valence-electron chi connectivity index (χ2n) is 21.4. The average molecular weight is 995 g/mol. The van der Waals surface area contributed by atoms with Crippen LogP contribution in [0.2, 0.25) is 0 Å². The van der Waals surface area contributed by atoms with Crippen LogP contribution in [0.15, 0.2) is 36.5 Å². The number of allylic oxidation sites excluding steroid dienone is 6. The van der Waals surface area contributed by atoms with Crippen molar-refractivity contribution in [3.63, 3.8) is 0 Å². The minimum Gasteiger partial charge on any atom is -0.756 e. The number of carbonyl (C=O) groups excluding carboxylic acids is 1. The normalized spacial score (nSPS) is 13.7. The largest absolute Gasteiger partial charge is 0.756 e. The molecule has 8 nitrogen and oxygen atoms in total. The van der Waals surface area contributed by atoms with E-state index in [-0.39, 0.29) is 25.8 Å². The van der Waals surface area contributed by atoms with E-state index in [2.05, 4.69) is 50.3 Å². The summed E-state index contributed by atoms with van der Waals surface area (Å²) in [6.07, 6.45) is 66.2. The second kappa shape index (κ2) is 53.0. The third kappa shape index (κ3) is 57.5. The quantitative estimate of drug-likeness (QED) is 0.0197. The van der Waals surface area contributed by atoms with Gasteiger partial charge < -0.3 is 27.9 Å². The number of quaternary nitrogens is 1. The third-order valence-electron chi connectivity index (χ3n) is 13.2. The predicted molar refractivity (Wildman–Crippen MR) is 296 cm³/mol. The number of carbonyl (C=O) groups is 1. The summed E-state index contributed by atoms with van der Waals surface area (Å²) in [5.74, 6) is -0.341. The molecular weight excluding hydrogens is 878 g/mol. The first-order chi connectivity index (χ1) is 33.6. The van der Waals surface area contributed by atoms with Crippen LogP contribution >= 0.6 is 7.82 Å². The second-order valence-corrected chi connectivity index (χ2v) is 22.8. The van der Waals surface area contributed by atoms with Crippen molar-refractivity contribution in [2.75, 3.05) is 54.1 Å². The molecule has 0 aliphatic rings. The first-order valence-corrected chi connectivity index (χ1v) is 31.2. The van der Waals surface area contributed by atoms with Crippen molar-refractivity contribution in [3.05, 3.63) is 36.5 Å². The first-order valence-electron chi connectivity index (χ1n) is 29.7. The van der Waals surface area contributed by atoms with Crippen LogP contribution in [0.1, 0.15) is 284 Å². The third-order valence-corrected chi connectivity index (χ3v) is 14.2. The Hall–Kier alpha value is -1.28.